The average Bonchev–Trinajstić information content (AvgIpc) is 2.81. The Bertz CT molecular complexity index is 951. The molecule has 0 aliphatic rings. The zero-order chi connectivity index (χ0) is 25.6. The van der Waals surface area contributed by atoms with Crippen molar-refractivity contribution in [3.8, 4) is 17.2 Å². The molecule has 35 heavy (non-hydrogen) atoms. The number of hydrogen-bond donors (Lipinski definition) is 0. The summed E-state index contributed by atoms with van der Waals surface area (Å²) in [4.78, 5) is 25.9. The zero-order valence-electron chi connectivity index (χ0n) is 20.2. The molecule has 0 radical (unpaired) electrons. The van der Waals surface area contributed by atoms with Crippen LogP contribution in [0, 0.1) is 0 Å². The predicted octanol–water partition coefficient (Wildman–Crippen LogP) is 6.40. The molecule has 0 unspecified atom stereocenters. The van der Waals surface area contributed by atoms with E-state index >= 15 is 0 Å². The highest BCUT2D eigenvalue weighted by Gasteiger charge is 2.17. The SMILES string of the molecule is CCCN(CCOc1c(Cl)cccc1Cl)CCc1ccc(OC(=O)OCC)c(OC(=O)OCC)c1. The first-order valence-corrected chi connectivity index (χ1v) is 12.2. The van der Waals surface area contributed by atoms with Gasteiger partial charge in [0.1, 0.15) is 6.61 Å². The third-order valence-electron chi connectivity index (χ3n) is 4.75. The van der Waals surface area contributed by atoms with Gasteiger partial charge in [-0.2, -0.15) is 0 Å². The van der Waals surface area contributed by atoms with Crippen molar-refractivity contribution in [3.63, 3.8) is 0 Å². The molecule has 0 saturated heterocycles. The molecule has 0 aliphatic heterocycles. The van der Waals surface area contributed by atoms with Crippen LogP contribution < -0.4 is 14.2 Å². The van der Waals surface area contributed by atoms with Crippen LogP contribution in [0.15, 0.2) is 36.4 Å². The second kappa shape index (κ2) is 15.3. The molecule has 0 aromatic heterocycles. The van der Waals surface area contributed by atoms with Gasteiger partial charge in [-0.3, -0.25) is 4.90 Å². The third kappa shape index (κ3) is 9.84. The molecule has 0 bridgehead atoms. The van der Waals surface area contributed by atoms with Gasteiger partial charge < -0.3 is 23.7 Å². The number of para-hydroxylation sites is 1. The summed E-state index contributed by atoms with van der Waals surface area (Å²) in [5, 5.41) is 0.942. The van der Waals surface area contributed by atoms with E-state index in [-0.39, 0.29) is 24.7 Å². The van der Waals surface area contributed by atoms with E-state index in [0.717, 1.165) is 25.1 Å². The van der Waals surface area contributed by atoms with E-state index in [2.05, 4.69) is 11.8 Å². The molecule has 192 valence electrons. The van der Waals surface area contributed by atoms with E-state index in [4.69, 9.17) is 46.9 Å². The lowest BCUT2D eigenvalue weighted by atomic mass is 10.1. The molecule has 0 heterocycles. The van der Waals surface area contributed by atoms with Gasteiger partial charge in [0.05, 0.1) is 23.3 Å². The summed E-state index contributed by atoms with van der Waals surface area (Å²) in [7, 11) is 0. The minimum absolute atomic E-state index is 0.0654. The standard InChI is InChI=1S/C25H31Cl2NO7/c1-4-13-28(15-16-33-23-19(26)8-7-9-20(23)27)14-12-18-10-11-21(34-24(29)31-5-2)22(17-18)35-25(30)32-6-3/h7-11,17H,4-6,12-16H2,1-3H3. The van der Waals surface area contributed by atoms with Crippen molar-refractivity contribution in [2.75, 3.05) is 39.5 Å². The summed E-state index contributed by atoms with van der Waals surface area (Å²) >= 11 is 12.3. The van der Waals surface area contributed by atoms with Gasteiger partial charge in [-0.1, -0.05) is 42.3 Å². The summed E-state index contributed by atoms with van der Waals surface area (Å²) in [5.74, 6) is 0.619. The van der Waals surface area contributed by atoms with E-state index in [1.165, 1.54) is 0 Å². The van der Waals surface area contributed by atoms with E-state index in [1.807, 2.05) is 0 Å². The smallest absolute Gasteiger partial charge is 0.489 e. The van der Waals surface area contributed by atoms with Crippen molar-refractivity contribution in [3.05, 3.63) is 52.0 Å². The second-order valence-electron chi connectivity index (χ2n) is 7.34. The summed E-state index contributed by atoms with van der Waals surface area (Å²) in [6.45, 7) is 8.44. The van der Waals surface area contributed by atoms with Crippen LogP contribution in [0.2, 0.25) is 10.0 Å². The Morgan fingerprint density at radius 3 is 2.06 bits per heavy atom. The van der Waals surface area contributed by atoms with Crippen LogP contribution in [0.5, 0.6) is 17.2 Å². The highest BCUT2D eigenvalue weighted by molar-refractivity contribution is 6.37. The molecule has 0 N–H and O–H groups in total. The van der Waals surface area contributed by atoms with Crippen molar-refractivity contribution in [2.24, 2.45) is 0 Å². The molecule has 0 aliphatic carbocycles. The van der Waals surface area contributed by atoms with E-state index in [1.54, 1.807) is 50.2 Å². The van der Waals surface area contributed by atoms with Gasteiger partial charge in [0.15, 0.2) is 17.2 Å². The van der Waals surface area contributed by atoms with Crippen LogP contribution in [-0.2, 0) is 15.9 Å². The number of carbonyl (C=O) groups excluding carboxylic acids is 2. The Kier molecular flexibility index (Phi) is 12.5. The predicted molar refractivity (Wildman–Crippen MR) is 134 cm³/mol. The van der Waals surface area contributed by atoms with Crippen LogP contribution >= 0.6 is 23.2 Å². The highest BCUT2D eigenvalue weighted by Crippen LogP contribution is 2.32. The second-order valence-corrected chi connectivity index (χ2v) is 8.16. The minimum Gasteiger partial charge on any atom is -0.489 e. The van der Waals surface area contributed by atoms with Gasteiger partial charge in [-0.25, -0.2) is 9.59 Å². The number of nitrogens with zero attached hydrogens (tertiary/aromatic N) is 1. The van der Waals surface area contributed by atoms with Crippen molar-refractivity contribution >= 4 is 35.5 Å². The van der Waals surface area contributed by atoms with Crippen LogP contribution in [0.3, 0.4) is 0 Å². The molecular formula is C25H31Cl2NO7. The molecule has 8 nitrogen and oxygen atoms in total. The average molecular weight is 528 g/mol. The fourth-order valence-corrected chi connectivity index (χ4v) is 3.69. The number of ether oxygens (including phenoxy) is 5. The number of rotatable bonds is 13. The Hall–Kier alpha value is -2.68. The molecule has 0 fully saturated rings. The number of carbonyl (C=O) groups is 2. The van der Waals surface area contributed by atoms with Gasteiger partial charge in [0.2, 0.25) is 0 Å². The van der Waals surface area contributed by atoms with Crippen LogP contribution in [0.4, 0.5) is 9.59 Å². The van der Waals surface area contributed by atoms with Gasteiger partial charge in [-0.15, -0.1) is 0 Å². The molecule has 0 atom stereocenters. The molecule has 0 saturated carbocycles. The quantitative estimate of drug-likeness (QED) is 0.218. The molecule has 2 rings (SSSR count). The molecule has 10 heteroatoms. The lowest BCUT2D eigenvalue weighted by molar-refractivity contribution is 0.0939. The Morgan fingerprint density at radius 1 is 0.829 bits per heavy atom. The lowest BCUT2D eigenvalue weighted by Crippen LogP contribution is -2.31. The summed E-state index contributed by atoms with van der Waals surface area (Å²) < 4.78 is 25.9. The first-order chi connectivity index (χ1) is 16.9. The summed E-state index contributed by atoms with van der Waals surface area (Å²) in [6.07, 6.45) is -0.148. The first kappa shape index (κ1) is 28.6. The maximum absolute atomic E-state index is 11.9. The van der Waals surface area contributed by atoms with Crippen LogP contribution in [0.25, 0.3) is 0 Å². The zero-order valence-corrected chi connectivity index (χ0v) is 21.7. The van der Waals surface area contributed by atoms with E-state index < -0.39 is 12.3 Å². The molecule has 2 aromatic carbocycles. The maximum atomic E-state index is 11.9. The monoisotopic (exact) mass is 527 g/mol. The normalized spacial score (nSPS) is 10.7. The van der Waals surface area contributed by atoms with E-state index in [0.29, 0.717) is 35.4 Å². The number of benzene rings is 2. The third-order valence-corrected chi connectivity index (χ3v) is 5.34. The fourth-order valence-electron chi connectivity index (χ4n) is 3.18. The van der Waals surface area contributed by atoms with Crippen LogP contribution in [-0.4, -0.2) is 56.7 Å². The van der Waals surface area contributed by atoms with E-state index in [9.17, 15) is 9.59 Å². The molecule has 2 aromatic rings. The molecular weight excluding hydrogens is 497 g/mol. The van der Waals surface area contributed by atoms with Crippen LogP contribution in [0.1, 0.15) is 32.8 Å². The van der Waals surface area contributed by atoms with Crippen molar-refractivity contribution in [1.82, 2.24) is 4.90 Å². The van der Waals surface area contributed by atoms with Crippen molar-refractivity contribution < 1.29 is 33.3 Å². The summed E-state index contributed by atoms with van der Waals surface area (Å²) in [5.41, 5.74) is 0.886. The maximum Gasteiger partial charge on any atom is 0.513 e. The molecule has 0 amide bonds. The fraction of sp³-hybridized carbons (Fsp3) is 0.440. The minimum atomic E-state index is -0.888. The number of halogens is 2. The Balaban J connectivity index is 2.03. The highest BCUT2D eigenvalue weighted by atomic mass is 35.5. The Labute approximate surface area is 215 Å². The van der Waals surface area contributed by atoms with Crippen molar-refractivity contribution in [2.45, 2.75) is 33.6 Å². The van der Waals surface area contributed by atoms with Gasteiger partial charge in [-0.05, 0) is 63.1 Å². The van der Waals surface area contributed by atoms with Crippen molar-refractivity contribution in [1.29, 1.82) is 0 Å². The van der Waals surface area contributed by atoms with Gasteiger partial charge in [0, 0.05) is 13.1 Å². The number of hydrogen-bond acceptors (Lipinski definition) is 8. The van der Waals surface area contributed by atoms with Gasteiger partial charge >= 0.3 is 12.3 Å². The first-order valence-electron chi connectivity index (χ1n) is 11.5. The Morgan fingerprint density at radius 2 is 1.46 bits per heavy atom. The molecule has 0 spiro atoms. The largest absolute Gasteiger partial charge is 0.513 e. The lowest BCUT2D eigenvalue weighted by Gasteiger charge is -2.22. The summed E-state index contributed by atoms with van der Waals surface area (Å²) in [6, 6.07) is 10.2. The topological polar surface area (TPSA) is 83.5 Å². The van der Waals surface area contributed by atoms with Gasteiger partial charge in [0.25, 0.3) is 0 Å².